The standard InChI is InChI=1S/C13H17NO4/c1-2-18-11-5-3-9(4-6-11)10(7-12(14)15)8-13(16)17/h3-6,10H,2,7-8H2,1H3,(H2,14,15)(H,16,17)/t10-/m1/s1. The van der Waals surface area contributed by atoms with Crippen molar-refractivity contribution in [3.8, 4) is 5.75 Å². The summed E-state index contributed by atoms with van der Waals surface area (Å²) in [5, 5.41) is 8.82. The van der Waals surface area contributed by atoms with Gasteiger partial charge in [0.15, 0.2) is 0 Å². The molecule has 5 nitrogen and oxygen atoms in total. The van der Waals surface area contributed by atoms with Crippen LogP contribution in [0.1, 0.15) is 31.2 Å². The van der Waals surface area contributed by atoms with Gasteiger partial charge in [-0.3, -0.25) is 9.59 Å². The number of benzene rings is 1. The fraction of sp³-hybridized carbons (Fsp3) is 0.385. The number of nitrogens with two attached hydrogens (primary N) is 1. The van der Waals surface area contributed by atoms with Crippen molar-refractivity contribution < 1.29 is 19.4 Å². The fourth-order valence-electron chi connectivity index (χ4n) is 1.76. The Bertz CT molecular complexity index is 398. The molecule has 0 aliphatic carbocycles. The third kappa shape index (κ3) is 4.45. The molecule has 1 aromatic rings. The molecule has 0 heterocycles. The normalized spacial score (nSPS) is 11.8. The lowest BCUT2D eigenvalue weighted by Crippen LogP contribution is -2.17. The quantitative estimate of drug-likeness (QED) is 0.768. The van der Waals surface area contributed by atoms with Gasteiger partial charge in [-0.2, -0.15) is 0 Å². The Morgan fingerprint density at radius 3 is 2.33 bits per heavy atom. The highest BCUT2D eigenvalue weighted by Crippen LogP contribution is 2.25. The second kappa shape index (κ2) is 6.64. The first-order valence-electron chi connectivity index (χ1n) is 5.75. The largest absolute Gasteiger partial charge is 0.494 e. The maximum atomic E-state index is 10.9. The van der Waals surface area contributed by atoms with E-state index >= 15 is 0 Å². The van der Waals surface area contributed by atoms with Crippen molar-refractivity contribution in [2.75, 3.05) is 6.61 Å². The first-order chi connectivity index (χ1) is 8.52. The number of carbonyl (C=O) groups excluding carboxylic acids is 1. The molecule has 1 amide bonds. The molecule has 0 aromatic heterocycles. The van der Waals surface area contributed by atoms with Gasteiger partial charge < -0.3 is 15.6 Å². The van der Waals surface area contributed by atoms with Crippen molar-refractivity contribution in [1.82, 2.24) is 0 Å². The molecule has 0 unspecified atom stereocenters. The smallest absolute Gasteiger partial charge is 0.303 e. The average Bonchev–Trinajstić information content (AvgIpc) is 2.28. The topological polar surface area (TPSA) is 89.6 Å². The van der Waals surface area contributed by atoms with Crippen LogP contribution in [0.15, 0.2) is 24.3 Å². The number of hydrogen-bond acceptors (Lipinski definition) is 3. The first kappa shape index (κ1) is 14.0. The molecule has 0 fully saturated rings. The summed E-state index contributed by atoms with van der Waals surface area (Å²) in [4.78, 5) is 21.7. The number of rotatable bonds is 7. The average molecular weight is 251 g/mol. The van der Waals surface area contributed by atoms with Crippen LogP contribution in [0.3, 0.4) is 0 Å². The molecule has 0 radical (unpaired) electrons. The van der Waals surface area contributed by atoms with Gasteiger partial charge in [0.25, 0.3) is 0 Å². The summed E-state index contributed by atoms with van der Waals surface area (Å²) in [7, 11) is 0. The van der Waals surface area contributed by atoms with Gasteiger partial charge in [-0.15, -0.1) is 0 Å². The van der Waals surface area contributed by atoms with Crippen molar-refractivity contribution in [3.05, 3.63) is 29.8 Å². The minimum absolute atomic E-state index is 0.0281. The van der Waals surface area contributed by atoms with E-state index in [2.05, 4.69) is 0 Å². The molecule has 0 saturated carbocycles. The predicted molar refractivity (Wildman–Crippen MR) is 66.4 cm³/mol. The van der Waals surface area contributed by atoms with E-state index in [1.54, 1.807) is 24.3 Å². The number of amides is 1. The molecule has 1 rings (SSSR count). The second-order valence-electron chi connectivity index (χ2n) is 3.97. The number of carboxylic acid groups (broad SMARTS) is 1. The highest BCUT2D eigenvalue weighted by molar-refractivity contribution is 5.76. The zero-order chi connectivity index (χ0) is 13.5. The van der Waals surface area contributed by atoms with Gasteiger partial charge >= 0.3 is 5.97 Å². The molecule has 18 heavy (non-hydrogen) atoms. The molecule has 98 valence electrons. The molecule has 1 atom stereocenters. The Labute approximate surface area is 106 Å². The lowest BCUT2D eigenvalue weighted by molar-refractivity contribution is -0.137. The van der Waals surface area contributed by atoms with Crippen molar-refractivity contribution in [2.24, 2.45) is 5.73 Å². The summed E-state index contributed by atoms with van der Waals surface area (Å²) < 4.78 is 5.29. The van der Waals surface area contributed by atoms with Crippen molar-refractivity contribution in [3.63, 3.8) is 0 Å². The van der Waals surface area contributed by atoms with Gasteiger partial charge in [0.05, 0.1) is 13.0 Å². The molecule has 0 bridgehead atoms. The maximum Gasteiger partial charge on any atom is 0.303 e. The van der Waals surface area contributed by atoms with Crippen molar-refractivity contribution in [1.29, 1.82) is 0 Å². The number of carboxylic acids is 1. The van der Waals surface area contributed by atoms with Gasteiger partial charge in [0.2, 0.25) is 5.91 Å². The fourth-order valence-corrected chi connectivity index (χ4v) is 1.76. The van der Waals surface area contributed by atoms with E-state index in [1.165, 1.54) is 0 Å². The summed E-state index contributed by atoms with van der Waals surface area (Å²) in [6.45, 7) is 2.45. The van der Waals surface area contributed by atoms with Gasteiger partial charge in [0.1, 0.15) is 5.75 Å². The van der Waals surface area contributed by atoms with Gasteiger partial charge in [0, 0.05) is 12.3 Å². The van der Waals surface area contributed by atoms with Gasteiger partial charge in [-0.1, -0.05) is 12.1 Å². The second-order valence-corrected chi connectivity index (χ2v) is 3.97. The van der Waals surface area contributed by atoms with Crippen molar-refractivity contribution in [2.45, 2.75) is 25.7 Å². The number of hydrogen-bond donors (Lipinski definition) is 2. The van der Waals surface area contributed by atoms with Crippen LogP contribution >= 0.6 is 0 Å². The molecular weight excluding hydrogens is 234 g/mol. The summed E-state index contributed by atoms with van der Waals surface area (Å²) >= 11 is 0. The first-order valence-corrected chi connectivity index (χ1v) is 5.75. The lowest BCUT2D eigenvalue weighted by atomic mass is 9.92. The Kier molecular flexibility index (Phi) is 5.17. The number of primary amides is 1. The Balaban J connectivity index is 2.83. The van der Waals surface area contributed by atoms with Crippen LogP contribution in [-0.4, -0.2) is 23.6 Å². The van der Waals surface area contributed by atoms with E-state index in [9.17, 15) is 9.59 Å². The molecular formula is C13H17NO4. The summed E-state index contributed by atoms with van der Waals surface area (Å²) in [5.41, 5.74) is 5.90. The Morgan fingerprint density at radius 1 is 1.28 bits per heavy atom. The highest BCUT2D eigenvalue weighted by atomic mass is 16.5. The lowest BCUT2D eigenvalue weighted by Gasteiger charge is -2.14. The van der Waals surface area contributed by atoms with E-state index in [0.29, 0.717) is 6.61 Å². The van der Waals surface area contributed by atoms with Gasteiger partial charge in [-0.05, 0) is 24.6 Å². The molecule has 0 spiro atoms. The van der Waals surface area contributed by atoms with E-state index in [0.717, 1.165) is 11.3 Å². The molecule has 1 aromatic carbocycles. The van der Waals surface area contributed by atoms with Gasteiger partial charge in [-0.25, -0.2) is 0 Å². The van der Waals surface area contributed by atoms with Crippen molar-refractivity contribution >= 4 is 11.9 Å². The third-order valence-corrected chi connectivity index (χ3v) is 2.53. The molecule has 0 aliphatic rings. The van der Waals surface area contributed by atoms with Crippen LogP contribution in [-0.2, 0) is 9.59 Å². The SMILES string of the molecule is CCOc1ccc([C@H](CC(N)=O)CC(=O)O)cc1. The monoisotopic (exact) mass is 251 g/mol. The van der Waals surface area contributed by atoms with E-state index in [-0.39, 0.29) is 12.8 Å². The zero-order valence-corrected chi connectivity index (χ0v) is 10.3. The molecule has 3 N–H and O–H groups in total. The van der Waals surface area contributed by atoms with Crippen LogP contribution in [0.25, 0.3) is 0 Å². The minimum Gasteiger partial charge on any atom is -0.494 e. The Morgan fingerprint density at radius 2 is 1.89 bits per heavy atom. The van der Waals surface area contributed by atoms with E-state index < -0.39 is 17.8 Å². The predicted octanol–water partition coefficient (Wildman–Crippen LogP) is 1.52. The number of carbonyl (C=O) groups is 2. The molecule has 5 heteroatoms. The summed E-state index contributed by atoms with van der Waals surface area (Å²) in [5.74, 6) is -1.13. The minimum atomic E-state index is -0.949. The van der Waals surface area contributed by atoms with Crippen LogP contribution in [0.5, 0.6) is 5.75 Å². The Hall–Kier alpha value is -2.04. The van der Waals surface area contributed by atoms with Crippen LogP contribution in [0, 0.1) is 0 Å². The number of aliphatic carboxylic acids is 1. The van der Waals surface area contributed by atoms with E-state index in [4.69, 9.17) is 15.6 Å². The van der Waals surface area contributed by atoms with Crippen LogP contribution in [0.4, 0.5) is 0 Å². The maximum absolute atomic E-state index is 10.9. The highest BCUT2D eigenvalue weighted by Gasteiger charge is 2.18. The zero-order valence-electron chi connectivity index (χ0n) is 10.3. The summed E-state index contributed by atoms with van der Waals surface area (Å²) in [6, 6.07) is 7.05. The third-order valence-electron chi connectivity index (χ3n) is 2.53. The molecule has 0 aliphatic heterocycles. The molecule has 0 saturated heterocycles. The van der Waals surface area contributed by atoms with Crippen LogP contribution in [0.2, 0.25) is 0 Å². The summed E-state index contributed by atoms with van der Waals surface area (Å²) in [6.07, 6.45) is -0.0861. The number of ether oxygens (including phenoxy) is 1. The van der Waals surface area contributed by atoms with E-state index in [1.807, 2.05) is 6.92 Å². The van der Waals surface area contributed by atoms with Crippen LogP contribution < -0.4 is 10.5 Å².